The SMILES string of the molecule is CCC(C)(C)NC(=O)[C@H](c1ccncc1)N(C(=O)Cn1nnc2ccccc21)c1ccc(Cl)cc1. The summed E-state index contributed by atoms with van der Waals surface area (Å²) in [5, 5.41) is 11.9. The molecule has 0 saturated carbocycles. The molecule has 2 aromatic carbocycles. The number of nitrogens with zero attached hydrogens (tertiary/aromatic N) is 5. The molecule has 2 heterocycles. The molecule has 0 radical (unpaired) electrons. The van der Waals surface area contributed by atoms with Crippen molar-refractivity contribution in [3.8, 4) is 0 Å². The number of carbonyl (C=O) groups excluding carboxylic acids is 2. The van der Waals surface area contributed by atoms with Crippen molar-refractivity contribution in [1.82, 2.24) is 25.3 Å². The Morgan fingerprint density at radius 3 is 2.43 bits per heavy atom. The van der Waals surface area contributed by atoms with Crippen LogP contribution in [0.5, 0.6) is 0 Å². The van der Waals surface area contributed by atoms with Crippen LogP contribution >= 0.6 is 11.6 Å². The molecule has 0 aliphatic heterocycles. The van der Waals surface area contributed by atoms with Gasteiger partial charge >= 0.3 is 0 Å². The number of benzene rings is 2. The third-order valence-corrected chi connectivity index (χ3v) is 6.20. The molecule has 2 aromatic heterocycles. The first-order valence-electron chi connectivity index (χ1n) is 11.4. The van der Waals surface area contributed by atoms with E-state index in [1.54, 1.807) is 48.8 Å². The number of hydrogen-bond acceptors (Lipinski definition) is 5. The number of pyridine rings is 1. The molecule has 9 heteroatoms. The average Bonchev–Trinajstić information content (AvgIpc) is 3.26. The van der Waals surface area contributed by atoms with E-state index in [-0.39, 0.29) is 18.4 Å². The largest absolute Gasteiger partial charge is 0.349 e. The number of para-hydroxylation sites is 1. The van der Waals surface area contributed by atoms with Gasteiger partial charge in [0, 0.05) is 28.6 Å². The van der Waals surface area contributed by atoms with Gasteiger partial charge in [0.2, 0.25) is 11.8 Å². The minimum Gasteiger partial charge on any atom is -0.349 e. The third-order valence-electron chi connectivity index (χ3n) is 5.95. The van der Waals surface area contributed by atoms with Gasteiger partial charge in [-0.1, -0.05) is 35.9 Å². The molecule has 0 saturated heterocycles. The van der Waals surface area contributed by atoms with Gasteiger partial charge in [0.05, 0.1) is 5.52 Å². The summed E-state index contributed by atoms with van der Waals surface area (Å²) in [6.07, 6.45) is 3.94. The fraction of sp³-hybridized carbons (Fsp3) is 0.269. The summed E-state index contributed by atoms with van der Waals surface area (Å²) in [6.45, 7) is 5.80. The number of nitrogens with one attached hydrogen (secondary N) is 1. The van der Waals surface area contributed by atoms with Crippen LogP contribution < -0.4 is 10.2 Å². The molecule has 1 N–H and O–H groups in total. The first-order chi connectivity index (χ1) is 16.8. The summed E-state index contributed by atoms with van der Waals surface area (Å²) in [5.74, 6) is -0.621. The van der Waals surface area contributed by atoms with E-state index in [0.29, 0.717) is 21.8 Å². The molecule has 0 bridgehead atoms. The van der Waals surface area contributed by atoms with E-state index >= 15 is 0 Å². The lowest BCUT2D eigenvalue weighted by atomic mass is 9.98. The fourth-order valence-electron chi connectivity index (χ4n) is 3.73. The molecule has 4 aromatic rings. The number of fused-ring (bicyclic) bond motifs is 1. The second-order valence-electron chi connectivity index (χ2n) is 8.89. The van der Waals surface area contributed by atoms with Crippen LogP contribution in [0.1, 0.15) is 38.8 Å². The van der Waals surface area contributed by atoms with Crippen LogP contribution in [0, 0.1) is 0 Å². The first kappa shape index (κ1) is 24.3. The van der Waals surface area contributed by atoms with E-state index in [1.165, 1.54) is 9.58 Å². The smallest absolute Gasteiger partial charge is 0.249 e. The topological polar surface area (TPSA) is 93.0 Å². The van der Waals surface area contributed by atoms with E-state index in [1.807, 2.05) is 45.0 Å². The van der Waals surface area contributed by atoms with Crippen LogP contribution in [0.2, 0.25) is 5.02 Å². The predicted molar refractivity (Wildman–Crippen MR) is 136 cm³/mol. The van der Waals surface area contributed by atoms with Crippen molar-refractivity contribution in [1.29, 1.82) is 0 Å². The van der Waals surface area contributed by atoms with E-state index in [9.17, 15) is 9.59 Å². The molecule has 0 aliphatic carbocycles. The molecule has 0 aliphatic rings. The van der Waals surface area contributed by atoms with Crippen molar-refractivity contribution in [2.24, 2.45) is 0 Å². The number of amides is 2. The van der Waals surface area contributed by atoms with Gasteiger partial charge in [-0.15, -0.1) is 5.10 Å². The Kier molecular flexibility index (Phi) is 7.12. The van der Waals surface area contributed by atoms with Crippen LogP contribution in [0.3, 0.4) is 0 Å². The molecule has 35 heavy (non-hydrogen) atoms. The van der Waals surface area contributed by atoms with Gasteiger partial charge in [0.15, 0.2) is 0 Å². The van der Waals surface area contributed by atoms with Gasteiger partial charge in [0.25, 0.3) is 0 Å². The van der Waals surface area contributed by atoms with E-state index in [4.69, 9.17) is 11.6 Å². The molecule has 0 unspecified atom stereocenters. The molecular weight excluding hydrogens is 464 g/mol. The highest BCUT2D eigenvalue weighted by Crippen LogP contribution is 2.30. The Hall–Kier alpha value is -3.78. The Morgan fingerprint density at radius 2 is 1.74 bits per heavy atom. The minimum atomic E-state index is -0.938. The standard InChI is InChI=1S/C26H27ClN6O2/c1-4-26(2,3)29-25(35)24(18-13-15-28-16-14-18)33(20-11-9-19(27)10-12-20)23(34)17-32-22-8-6-5-7-21(22)30-31-32/h5-16,24H,4,17H2,1-3H3,(H,29,35)/t24-/m0/s1. The molecule has 2 amide bonds. The molecule has 0 fully saturated rings. The van der Waals surface area contributed by atoms with Crippen LogP contribution in [0.4, 0.5) is 5.69 Å². The maximum absolute atomic E-state index is 13.9. The van der Waals surface area contributed by atoms with E-state index < -0.39 is 11.6 Å². The molecule has 4 rings (SSSR count). The molecule has 0 spiro atoms. The quantitative estimate of drug-likeness (QED) is 0.391. The van der Waals surface area contributed by atoms with Crippen LogP contribution in [-0.2, 0) is 16.1 Å². The number of hydrogen-bond donors (Lipinski definition) is 1. The maximum atomic E-state index is 13.9. The van der Waals surface area contributed by atoms with Crippen LogP contribution in [0.15, 0.2) is 73.1 Å². The zero-order valence-electron chi connectivity index (χ0n) is 19.9. The maximum Gasteiger partial charge on any atom is 0.249 e. The molecule has 8 nitrogen and oxygen atoms in total. The lowest BCUT2D eigenvalue weighted by Gasteiger charge is -2.34. The Morgan fingerprint density at radius 1 is 1.06 bits per heavy atom. The molecular formula is C26H27ClN6O2. The Labute approximate surface area is 208 Å². The van der Waals surface area contributed by atoms with Crippen LogP contribution in [-0.4, -0.2) is 37.3 Å². The summed E-state index contributed by atoms with van der Waals surface area (Å²) < 4.78 is 1.54. The van der Waals surface area contributed by atoms with Gasteiger partial charge in [-0.25, -0.2) is 4.68 Å². The zero-order valence-corrected chi connectivity index (χ0v) is 20.6. The predicted octanol–water partition coefficient (Wildman–Crippen LogP) is 4.56. The van der Waals surface area contributed by atoms with Crippen LogP contribution in [0.25, 0.3) is 11.0 Å². The van der Waals surface area contributed by atoms with Gasteiger partial charge in [-0.05, 0) is 74.4 Å². The van der Waals surface area contributed by atoms with Gasteiger partial charge in [0.1, 0.15) is 18.1 Å². The number of rotatable bonds is 8. The summed E-state index contributed by atoms with van der Waals surface area (Å²) >= 11 is 6.13. The highest BCUT2D eigenvalue weighted by molar-refractivity contribution is 6.30. The van der Waals surface area contributed by atoms with Gasteiger partial charge < -0.3 is 5.32 Å². The van der Waals surface area contributed by atoms with Crippen molar-refractivity contribution in [2.45, 2.75) is 45.3 Å². The third kappa shape index (κ3) is 5.49. The average molecular weight is 491 g/mol. The lowest BCUT2D eigenvalue weighted by Crippen LogP contribution is -2.51. The number of carbonyl (C=O) groups is 2. The second kappa shape index (κ2) is 10.2. The van der Waals surface area contributed by atoms with Crippen molar-refractivity contribution >= 4 is 40.1 Å². The summed E-state index contributed by atoms with van der Waals surface area (Å²) in [6, 6.07) is 16.8. The molecule has 1 atom stereocenters. The minimum absolute atomic E-state index is 0.102. The summed E-state index contributed by atoms with van der Waals surface area (Å²) in [4.78, 5) is 33.2. The Balaban J connectivity index is 1.79. The first-order valence-corrected chi connectivity index (χ1v) is 11.7. The second-order valence-corrected chi connectivity index (χ2v) is 9.32. The summed E-state index contributed by atoms with van der Waals surface area (Å²) in [7, 11) is 0. The van der Waals surface area contributed by atoms with Crippen molar-refractivity contribution < 1.29 is 9.59 Å². The van der Waals surface area contributed by atoms with Crippen molar-refractivity contribution in [3.63, 3.8) is 0 Å². The Bertz CT molecular complexity index is 1320. The number of anilines is 1. The van der Waals surface area contributed by atoms with Crippen molar-refractivity contribution in [3.05, 3.63) is 83.6 Å². The lowest BCUT2D eigenvalue weighted by molar-refractivity contribution is -0.128. The number of halogens is 1. The highest BCUT2D eigenvalue weighted by atomic mass is 35.5. The molecule has 180 valence electrons. The van der Waals surface area contributed by atoms with E-state index in [0.717, 1.165) is 11.9 Å². The monoisotopic (exact) mass is 490 g/mol. The van der Waals surface area contributed by atoms with Crippen molar-refractivity contribution in [2.75, 3.05) is 4.90 Å². The van der Waals surface area contributed by atoms with E-state index in [2.05, 4.69) is 20.6 Å². The fourth-order valence-corrected chi connectivity index (χ4v) is 3.86. The number of aromatic nitrogens is 4. The van der Waals surface area contributed by atoms with Gasteiger partial charge in [-0.3, -0.25) is 19.5 Å². The normalized spacial score (nSPS) is 12.3. The zero-order chi connectivity index (χ0) is 25.0. The highest BCUT2D eigenvalue weighted by Gasteiger charge is 2.35. The summed E-state index contributed by atoms with van der Waals surface area (Å²) in [5.41, 5.74) is 2.13. The van der Waals surface area contributed by atoms with Gasteiger partial charge in [-0.2, -0.15) is 0 Å².